The lowest BCUT2D eigenvalue weighted by molar-refractivity contribution is 0.102. The lowest BCUT2D eigenvalue weighted by Gasteiger charge is -2.10. The van der Waals surface area contributed by atoms with Crippen LogP contribution in [-0.4, -0.2) is 31.5 Å². The third-order valence-corrected chi connectivity index (χ3v) is 7.83. The maximum atomic E-state index is 13.8. The summed E-state index contributed by atoms with van der Waals surface area (Å²) in [5, 5.41) is 13.4. The lowest BCUT2D eigenvalue weighted by Crippen LogP contribution is -2.28. The second kappa shape index (κ2) is 8.28. The van der Waals surface area contributed by atoms with Crippen LogP contribution in [0, 0.1) is 13.8 Å². The number of aromatic amines is 1. The summed E-state index contributed by atoms with van der Waals surface area (Å²) in [7, 11) is -5.15. The van der Waals surface area contributed by atoms with Gasteiger partial charge in [0.2, 0.25) is 9.84 Å². The summed E-state index contributed by atoms with van der Waals surface area (Å²) in [6.45, 7) is 3.92. The van der Waals surface area contributed by atoms with E-state index in [9.17, 15) is 18.2 Å². The molecule has 172 valence electrons. The van der Waals surface area contributed by atoms with Crippen molar-refractivity contribution in [3.8, 4) is 0 Å². The van der Waals surface area contributed by atoms with Crippen LogP contribution in [0.1, 0.15) is 27.2 Å². The molecular formula is C24H20BClN2O5S. The number of rotatable bonds is 4. The Hall–Kier alpha value is -3.11. The van der Waals surface area contributed by atoms with Gasteiger partial charge >= 0.3 is 7.12 Å². The van der Waals surface area contributed by atoms with E-state index in [2.05, 4.69) is 10.3 Å². The Bertz CT molecular complexity index is 1560. The lowest BCUT2D eigenvalue weighted by atomic mass is 9.79. The minimum atomic E-state index is -4.08. The SMILES string of the molecule is Cc1cc(C)cc(S(=O)(=O)c2c(C(=O)Nc3ccc4c(c3)B(O)OC4)[nH]c3ccc(Cl)cc23)c1. The average Bonchev–Trinajstić information content (AvgIpc) is 3.34. The normalized spacial score (nSPS) is 13.4. The molecule has 7 nitrogen and oxygen atoms in total. The van der Waals surface area contributed by atoms with E-state index in [-0.39, 0.29) is 22.1 Å². The van der Waals surface area contributed by atoms with Gasteiger partial charge in [0.1, 0.15) is 10.6 Å². The molecule has 0 radical (unpaired) electrons. The Morgan fingerprint density at radius 1 is 1.09 bits per heavy atom. The fourth-order valence-corrected chi connectivity index (χ4v) is 6.23. The van der Waals surface area contributed by atoms with Crippen molar-refractivity contribution in [1.29, 1.82) is 0 Å². The molecular weight excluding hydrogens is 475 g/mol. The van der Waals surface area contributed by atoms with E-state index in [1.54, 1.807) is 42.5 Å². The number of aryl methyl sites for hydroxylation is 2. The van der Waals surface area contributed by atoms with Crippen molar-refractivity contribution in [2.75, 3.05) is 5.32 Å². The molecule has 0 spiro atoms. The molecule has 3 N–H and O–H groups in total. The molecule has 4 aromatic rings. The number of halogens is 1. The predicted molar refractivity (Wildman–Crippen MR) is 131 cm³/mol. The molecule has 34 heavy (non-hydrogen) atoms. The highest BCUT2D eigenvalue weighted by molar-refractivity contribution is 7.91. The third kappa shape index (κ3) is 3.90. The topological polar surface area (TPSA) is 108 Å². The zero-order valence-corrected chi connectivity index (χ0v) is 19.9. The molecule has 0 saturated carbocycles. The van der Waals surface area contributed by atoms with E-state index in [0.717, 1.165) is 16.7 Å². The van der Waals surface area contributed by atoms with E-state index in [1.807, 2.05) is 19.9 Å². The molecule has 3 aromatic carbocycles. The predicted octanol–water partition coefficient (Wildman–Crippen LogP) is 3.74. The highest BCUT2D eigenvalue weighted by Gasteiger charge is 2.31. The molecule has 1 aliphatic heterocycles. The van der Waals surface area contributed by atoms with Crippen LogP contribution in [-0.2, 0) is 21.1 Å². The number of hydrogen-bond acceptors (Lipinski definition) is 5. The van der Waals surface area contributed by atoms with Crippen LogP contribution < -0.4 is 10.8 Å². The van der Waals surface area contributed by atoms with E-state index in [0.29, 0.717) is 27.1 Å². The van der Waals surface area contributed by atoms with Gasteiger partial charge in [0.05, 0.1) is 11.5 Å². The van der Waals surface area contributed by atoms with Crippen LogP contribution in [0.15, 0.2) is 64.4 Å². The first kappa shape index (κ1) is 22.7. The smallest absolute Gasteiger partial charge is 0.423 e. The summed E-state index contributed by atoms with van der Waals surface area (Å²) >= 11 is 6.18. The first-order valence-corrected chi connectivity index (χ1v) is 12.4. The Labute approximate surface area is 201 Å². The zero-order valence-electron chi connectivity index (χ0n) is 18.3. The first-order valence-electron chi connectivity index (χ1n) is 10.5. The summed E-state index contributed by atoms with van der Waals surface area (Å²) in [5.41, 5.74) is 3.74. The molecule has 0 fully saturated rings. The van der Waals surface area contributed by atoms with Gasteiger partial charge in [-0.05, 0) is 78.5 Å². The van der Waals surface area contributed by atoms with Gasteiger partial charge in [-0.25, -0.2) is 8.42 Å². The number of aromatic nitrogens is 1. The fourth-order valence-electron chi connectivity index (χ4n) is 4.27. The first-order chi connectivity index (χ1) is 16.1. The molecule has 0 unspecified atom stereocenters. The minimum absolute atomic E-state index is 0.0951. The number of carbonyl (C=O) groups excluding carboxylic acids is 1. The van der Waals surface area contributed by atoms with Gasteiger partial charge in [-0.1, -0.05) is 23.7 Å². The maximum absolute atomic E-state index is 13.8. The monoisotopic (exact) mass is 494 g/mol. The van der Waals surface area contributed by atoms with Crippen LogP contribution >= 0.6 is 11.6 Å². The highest BCUT2D eigenvalue weighted by atomic mass is 35.5. The summed E-state index contributed by atoms with van der Waals surface area (Å²) in [4.78, 5) is 16.3. The molecule has 2 heterocycles. The number of hydrogen-bond donors (Lipinski definition) is 3. The Kier molecular flexibility index (Phi) is 5.52. The largest absolute Gasteiger partial charge is 0.491 e. The second-order valence-corrected chi connectivity index (χ2v) is 10.7. The molecule has 10 heteroatoms. The summed E-state index contributed by atoms with van der Waals surface area (Å²) in [6, 6.07) is 14.9. The van der Waals surface area contributed by atoms with E-state index in [4.69, 9.17) is 16.3 Å². The number of amides is 1. The molecule has 0 atom stereocenters. The molecule has 0 saturated heterocycles. The van der Waals surface area contributed by atoms with Gasteiger partial charge in [0.15, 0.2) is 0 Å². The van der Waals surface area contributed by atoms with Crippen molar-refractivity contribution in [3.05, 3.63) is 82.0 Å². The Balaban J connectivity index is 1.64. The molecule has 0 aliphatic carbocycles. The molecule has 5 rings (SSSR count). The number of nitrogens with one attached hydrogen (secondary N) is 2. The number of benzene rings is 3. The average molecular weight is 495 g/mol. The summed E-state index contributed by atoms with van der Waals surface area (Å²) in [6.07, 6.45) is 0. The standard InChI is InChI=1S/C24H20BClN2O5S/c1-13-7-14(2)9-18(8-13)34(31,32)23-19-10-16(26)4-6-21(19)28-22(23)24(29)27-17-5-3-15-12-33-25(30)20(15)11-17/h3-11,28,30H,12H2,1-2H3,(H,27,29). The molecule has 1 amide bonds. The number of fused-ring (bicyclic) bond motifs is 2. The van der Waals surface area contributed by atoms with Crippen molar-refractivity contribution in [3.63, 3.8) is 0 Å². The van der Waals surface area contributed by atoms with E-state index >= 15 is 0 Å². The summed E-state index contributed by atoms with van der Waals surface area (Å²) in [5.74, 6) is -0.636. The second-order valence-electron chi connectivity index (χ2n) is 8.38. The van der Waals surface area contributed by atoms with Gasteiger partial charge in [0, 0.05) is 21.6 Å². The van der Waals surface area contributed by atoms with Crippen LogP contribution in [0.3, 0.4) is 0 Å². The number of carbonyl (C=O) groups is 1. The van der Waals surface area contributed by atoms with Crippen molar-refractivity contribution in [1.82, 2.24) is 4.98 Å². The van der Waals surface area contributed by atoms with Gasteiger partial charge in [-0.2, -0.15) is 0 Å². The highest BCUT2D eigenvalue weighted by Crippen LogP contribution is 2.34. The van der Waals surface area contributed by atoms with Crippen LogP contribution in [0.2, 0.25) is 5.02 Å². The van der Waals surface area contributed by atoms with Crippen LogP contribution in [0.4, 0.5) is 5.69 Å². The van der Waals surface area contributed by atoms with Crippen LogP contribution in [0.25, 0.3) is 10.9 Å². The molecule has 1 aliphatic rings. The molecule has 0 bridgehead atoms. The van der Waals surface area contributed by atoms with Crippen LogP contribution in [0.5, 0.6) is 0 Å². The zero-order chi connectivity index (χ0) is 24.2. The van der Waals surface area contributed by atoms with Crippen molar-refractivity contribution >= 4 is 56.5 Å². The number of sulfone groups is 1. The molecule has 1 aromatic heterocycles. The number of H-pyrrole nitrogens is 1. The van der Waals surface area contributed by atoms with Crippen molar-refractivity contribution in [2.24, 2.45) is 0 Å². The quantitative estimate of drug-likeness (QED) is 0.375. The van der Waals surface area contributed by atoms with Gasteiger partial charge in [0.25, 0.3) is 5.91 Å². The Morgan fingerprint density at radius 2 is 1.82 bits per heavy atom. The van der Waals surface area contributed by atoms with E-state index < -0.39 is 22.9 Å². The number of anilines is 1. The summed E-state index contributed by atoms with van der Waals surface area (Å²) < 4.78 is 32.8. The van der Waals surface area contributed by atoms with Crippen molar-refractivity contribution in [2.45, 2.75) is 30.2 Å². The van der Waals surface area contributed by atoms with Gasteiger partial charge in [-0.15, -0.1) is 0 Å². The Morgan fingerprint density at radius 3 is 2.56 bits per heavy atom. The van der Waals surface area contributed by atoms with Gasteiger partial charge < -0.3 is 20.0 Å². The third-order valence-electron chi connectivity index (χ3n) is 5.78. The fraction of sp³-hybridized carbons (Fsp3) is 0.125. The van der Waals surface area contributed by atoms with E-state index in [1.165, 1.54) is 6.07 Å². The minimum Gasteiger partial charge on any atom is -0.423 e. The maximum Gasteiger partial charge on any atom is 0.491 e. The van der Waals surface area contributed by atoms with Gasteiger partial charge in [-0.3, -0.25) is 4.79 Å². The van der Waals surface area contributed by atoms with Crippen molar-refractivity contribution < 1.29 is 22.9 Å².